The number of ether oxygens (including phenoxy) is 2. The quantitative estimate of drug-likeness (QED) is 0.623. The molecule has 102 valence electrons. The van der Waals surface area contributed by atoms with Crippen LogP contribution in [0.25, 0.3) is 0 Å². The molecular weight excluding hydrogens is 246 g/mol. The van der Waals surface area contributed by atoms with Crippen LogP contribution >= 0.6 is 0 Å². The van der Waals surface area contributed by atoms with E-state index in [4.69, 9.17) is 9.47 Å². The molecule has 1 rings (SSSR count). The summed E-state index contributed by atoms with van der Waals surface area (Å²) in [6.45, 7) is 1.80. The number of allylic oxidation sites excluding steroid dienone is 1. The van der Waals surface area contributed by atoms with Gasteiger partial charge in [0.15, 0.2) is 6.61 Å². The molecule has 0 aromatic heterocycles. The molecule has 0 aliphatic heterocycles. The monoisotopic (exact) mass is 263 g/mol. The SMILES string of the molecule is C/C=C/C(=O)OCC(=O)NCc1ccc(OC)cc1. The first-order chi connectivity index (χ1) is 9.15. The third-order valence-electron chi connectivity index (χ3n) is 2.30. The first-order valence-corrected chi connectivity index (χ1v) is 5.84. The lowest BCUT2D eigenvalue weighted by atomic mass is 10.2. The summed E-state index contributed by atoms with van der Waals surface area (Å²) >= 11 is 0. The molecule has 0 bridgehead atoms. The second-order valence-electron chi connectivity index (χ2n) is 3.73. The van der Waals surface area contributed by atoms with Crippen LogP contribution in [0.2, 0.25) is 0 Å². The van der Waals surface area contributed by atoms with Gasteiger partial charge in [-0.25, -0.2) is 4.79 Å². The van der Waals surface area contributed by atoms with Gasteiger partial charge >= 0.3 is 5.97 Å². The van der Waals surface area contributed by atoms with Gasteiger partial charge in [-0.3, -0.25) is 4.79 Å². The van der Waals surface area contributed by atoms with Crippen LogP contribution in [0, 0.1) is 0 Å². The number of methoxy groups -OCH3 is 1. The molecule has 0 saturated carbocycles. The number of carbonyl (C=O) groups excluding carboxylic acids is 2. The van der Waals surface area contributed by atoms with Crippen molar-refractivity contribution in [3.05, 3.63) is 42.0 Å². The number of hydrogen-bond acceptors (Lipinski definition) is 4. The van der Waals surface area contributed by atoms with Gasteiger partial charge < -0.3 is 14.8 Å². The van der Waals surface area contributed by atoms with E-state index in [1.165, 1.54) is 6.08 Å². The summed E-state index contributed by atoms with van der Waals surface area (Å²) in [4.78, 5) is 22.4. The van der Waals surface area contributed by atoms with Crippen molar-refractivity contribution in [2.75, 3.05) is 13.7 Å². The van der Waals surface area contributed by atoms with Gasteiger partial charge in [-0.05, 0) is 24.6 Å². The predicted octanol–water partition coefficient (Wildman–Crippen LogP) is 1.43. The molecule has 0 saturated heterocycles. The molecule has 0 aliphatic carbocycles. The van der Waals surface area contributed by atoms with Crippen molar-refractivity contribution in [2.24, 2.45) is 0 Å². The van der Waals surface area contributed by atoms with E-state index in [2.05, 4.69) is 5.32 Å². The minimum absolute atomic E-state index is 0.278. The largest absolute Gasteiger partial charge is 0.497 e. The molecule has 0 radical (unpaired) electrons. The number of hydrogen-bond donors (Lipinski definition) is 1. The zero-order valence-electron chi connectivity index (χ0n) is 11.0. The van der Waals surface area contributed by atoms with Crippen molar-refractivity contribution in [3.63, 3.8) is 0 Å². The summed E-state index contributed by atoms with van der Waals surface area (Å²) in [5.41, 5.74) is 0.939. The molecule has 0 atom stereocenters. The highest BCUT2D eigenvalue weighted by molar-refractivity contribution is 5.85. The number of nitrogens with one attached hydrogen (secondary N) is 1. The summed E-state index contributed by atoms with van der Waals surface area (Å²) in [5, 5.41) is 2.65. The molecule has 0 heterocycles. The Morgan fingerprint density at radius 3 is 2.53 bits per heavy atom. The summed E-state index contributed by atoms with van der Waals surface area (Å²) < 4.78 is 9.74. The van der Waals surface area contributed by atoms with Gasteiger partial charge in [-0.2, -0.15) is 0 Å². The van der Waals surface area contributed by atoms with Crippen LogP contribution in [0.5, 0.6) is 5.75 Å². The van der Waals surface area contributed by atoms with Crippen molar-refractivity contribution in [1.82, 2.24) is 5.32 Å². The number of rotatable bonds is 6. The lowest BCUT2D eigenvalue weighted by Gasteiger charge is -2.06. The summed E-state index contributed by atoms with van der Waals surface area (Å²) in [6, 6.07) is 7.33. The van der Waals surface area contributed by atoms with Crippen molar-refractivity contribution in [1.29, 1.82) is 0 Å². The topological polar surface area (TPSA) is 64.6 Å². The average molecular weight is 263 g/mol. The Hall–Kier alpha value is -2.30. The van der Waals surface area contributed by atoms with Crippen molar-refractivity contribution >= 4 is 11.9 Å². The zero-order valence-corrected chi connectivity index (χ0v) is 11.0. The summed E-state index contributed by atoms with van der Waals surface area (Å²) in [6.07, 6.45) is 2.81. The van der Waals surface area contributed by atoms with E-state index >= 15 is 0 Å². The second kappa shape index (κ2) is 7.92. The Morgan fingerprint density at radius 1 is 1.26 bits per heavy atom. The molecule has 0 spiro atoms. The fourth-order valence-electron chi connectivity index (χ4n) is 1.32. The van der Waals surface area contributed by atoms with Gasteiger partial charge in [0.25, 0.3) is 5.91 Å². The maximum atomic E-state index is 11.4. The normalized spacial score (nSPS) is 10.2. The van der Waals surface area contributed by atoms with Crippen LogP contribution < -0.4 is 10.1 Å². The molecule has 1 aromatic rings. The number of benzene rings is 1. The van der Waals surface area contributed by atoms with Gasteiger partial charge in [0, 0.05) is 12.6 Å². The van der Waals surface area contributed by atoms with Gasteiger partial charge in [-0.15, -0.1) is 0 Å². The molecule has 19 heavy (non-hydrogen) atoms. The standard InChI is InChI=1S/C14H17NO4/c1-3-4-14(17)19-10-13(16)15-9-11-5-7-12(18-2)8-6-11/h3-8H,9-10H2,1-2H3,(H,15,16)/b4-3+. The highest BCUT2D eigenvalue weighted by Crippen LogP contribution is 2.10. The fourth-order valence-corrected chi connectivity index (χ4v) is 1.32. The lowest BCUT2D eigenvalue weighted by molar-refractivity contribution is -0.143. The van der Waals surface area contributed by atoms with E-state index in [1.807, 2.05) is 24.3 Å². The van der Waals surface area contributed by atoms with Gasteiger partial charge in [0.05, 0.1) is 7.11 Å². The van der Waals surface area contributed by atoms with E-state index in [0.717, 1.165) is 11.3 Å². The Balaban J connectivity index is 2.31. The molecule has 1 amide bonds. The van der Waals surface area contributed by atoms with Crippen molar-refractivity contribution in [2.45, 2.75) is 13.5 Å². The van der Waals surface area contributed by atoms with Crippen LogP contribution in [0.15, 0.2) is 36.4 Å². The molecule has 5 heteroatoms. The molecule has 5 nitrogen and oxygen atoms in total. The maximum absolute atomic E-state index is 11.4. The van der Waals surface area contributed by atoms with E-state index < -0.39 is 5.97 Å². The Labute approximate surface area is 112 Å². The third-order valence-corrected chi connectivity index (χ3v) is 2.30. The van der Waals surface area contributed by atoms with E-state index in [1.54, 1.807) is 20.1 Å². The Kier molecular flexibility index (Phi) is 6.15. The van der Waals surface area contributed by atoms with E-state index in [0.29, 0.717) is 6.54 Å². The molecule has 0 aliphatic rings. The Bertz CT molecular complexity index is 451. The van der Waals surface area contributed by atoms with Gasteiger partial charge in [-0.1, -0.05) is 18.2 Å². The average Bonchev–Trinajstić information content (AvgIpc) is 2.44. The first kappa shape index (κ1) is 14.8. The Morgan fingerprint density at radius 2 is 1.95 bits per heavy atom. The minimum atomic E-state index is -0.526. The molecule has 0 unspecified atom stereocenters. The molecule has 1 aromatic carbocycles. The summed E-state index contributed by atoms with van der Waals surface area (Å²) in [7, 11) is 1.59. The molecule has 1 N–H and O–H groups in total. The maximum Gasteiger partial charge on any atom is 0.330 e. The van der Waals surface area contributed by atoms with Crippen LogP contribution in [0.1, 0.15) is 12.5 Å². The lowest BCUT2D eigenvalue weighted by Crippen LogP contribution is -2.28. The third kappa shape index (κ3) is 5.72. The molecular formula is C14H17NO4. The highest BCUT2D eigenvalue weighted by atomic mass is 16.5. The fraction of sp³-hybridized carbons (Fsp3) is 0.286. The van der Waals surface area contributed by atoms with E-state index in [-0.39, 0.29) is 12.5 Å². The van der Waals surface area contributed by atoms with Crippen LogP contribution in [-0.4, -0.2) is 25.6 Å². The summed E-state index contributed by atoms with van der Waals surface area (Å²) in [5.74, 6) is -0.105. The van der Waals surface area contributed by atoms with Crippen molar-refractivity contribution < 1.29 is 19.1 Å². The zero-order chi connectivity index (χ0) is 14.1. The predicted molar refractivity (Wildman–Crippen MR) is 70.6 cm³/mol. The first-order valence-electron chi connectivity index (χ1n) is 5.84. The minimum Gasteiger partial charge on any atom is -0.497 e. The van der Waals surface area contributed by atoms with E-state index in [9.17, 15) is 9.59 Å². The highest BCUT2D eigenvalue weighted by Gasteiger charge is 2.04. The van der Waals surface area contributed by atoms with Gasteiger partial charge in [0.2, 0.25) is 0 Å². The van der Waals surface area contributed by atoms with Crippen molar-refractivity contribution in [3.8, 4) is 5.75 Å². The number of carbonyl (C=O) groups is 2. The smallest absolute Gasteiger partial charge is 0.330 e. The van der Waals surface area contributed by atoms with Gasteiger partial charge in [0.1, 0.15) is 5.75 Å². The van der Waals surface area contributed by atoms with Crippen LogP contribution in [0.4, 0.5) is 0 Å². The number of amides is 1. The number of esters is 1. The second-order valence-corrected chi connectivity index (χ2v) is 3.73. The van der Waals surface area contributed by atoms with Crippen LogP contribution in [0.3, 0.4) is 0 Å². The molecule has 0 fully saturated rings. The van der Waals surface area contributed by atoms with Crippen LogP contribution in [-0.2, 0) is 20.9 Å².